The Morgan fingerprint density at radius 3 is 3.06 bits per heavy atom. The van der Waals surface area contributed by atoms with Gasteiger partial charge in [0.1, 0.15) is 5.41 Å². The molecule has 2 rings (SSSR count). The van der Waals surface area contributed by atoms with Gasteiger partial charge in [0.05, 0.1) is 6.61 Å². The fraction of sp³-hybridized carbons (Fsp3) is 0.692. The van der Waals surface area contributed by atoms with Crippen LogP contribution in [0.1, 0.15) is 39.5 Å². The van der Waals surface area contributed by atoms with Crippen LogP contribution < -0.4 is 0 Å². The van der Waals surface area contributed by atoms with E-state index >= 15 is 0 Å². The van der Waals surface area contributed by atoms with E-state index in [4.69, 9.17) is 4.74 Å². The van der Waals surface area contributed by atoms with Crippen LogP contribution in [-0.2, 0) is 14.3 Å². The highest BCUT2D eigenvalue weighted by atomic mass is 16.5. The summed E-state index contributed by atoms with van der Waals surface area (Å²) in [5, 5.41) is 0. The Morgan fingerprint density at radius 1 is 1.59 bits per heavy atom. The van der Waals surface area contributed by atoms with Crippen LogP contribution in [0.3, 0.4) is 0 Å². The molecule has 1 amide bonds. The molecule has 2 aliphatic rings. The van der Waals surface area contributed by atoms with Crippen LogP contribution >= 0.6 is 0 Å². The van der Waals surface area contributed by atoms with Crippen molar-refractivity contribution in [3.8, 4) is 0 Å². The summed E-state index contributed by atoms with van der Waals surface area (Å²) in [6, 6.07) is 0. The third-order valence-electron chi connectivity index (χ3n) is 3.65. The minimum atomic E-state index is -0.635. The van der Waals surface area contributed by atoms with E-state index < -0.39 is 5.41 Å². The fourth-order valence-electron chi connectivity index (χ4n) is 2.62. The van der Waals surface area contributed by atoms with E-state index in [2.05, 4.69) is 0 Å². The van der Waals surface area contributed by atoms with Crippen LogP contribution in [0.2, 0.25) is 0 Å². The van der Waals surface area contributed by atoms with Crippen molar-refractivity contribution in [2.45, 2.75) is 39.5 Å². The molecule has 0 aromatic rings. The smallest absolute Gasteiger partial charge is 0.317 e. The molecule has 2 heterocycles. The molecule has 0 bridgehead atoms. The maximum Gasteiger partial charge on any atom is 0.317 e. The Kier molecular flexibility index (Phi) is 3.22. The van der Waals surface area contributed by atoms with Gasteiger partial charge in [-0.3, -0.25) is 9.59 Å². The summed E-state index contributed by atoms with van der Waals surface area (Å²) >= 11 is 0. The third-order valence-corrected chi connectivity index (χ3v) is 3.65. The fourth-order valence-corrected chi connectivity index (χ4v) is 2.62. The number of amides is 1. The molecule has 4 heteroatoms. The summed E-state index contributed by atoms with van der Waals surface area (Å²) in [4.78, 5) is 25.7. The number of piperidine rings is 1. The number of allylic oxidation sites excluding steroid dienone is 1. The highest BCUT2D eigenvalue weighted by Gasteiger charge is 2.46. The van der Waals surface area contributed by atoms with Crippen molar-refractivity contribution in [3.63, 3.8) is 0 Å². The summed E-state index contributed by atoms with van der Waals surface area (Å²) in [6.07, 6.45) is 4.94. The van der Waals surface area contributed by atoms with Gasteiger partial charge in [-0.15, -0.1) is 0 Å². The zero-order chi connectivity index (χ0) is 12.5. The number of esters is 1. The van der Waals surface area contributed by atoms with Gasteiger partial charge in [-0.05, 0) is 33.1 Å². The number of hydrogen-bond donors (Lipinski definition) is 0. The van der Waals surface area contributed by atoms with Crippen LogP contribution in [0.5, 0.6) is 0 Å². The van der Waals surface area contributed by atoms with Crippen molar-refractivity contribution >= 4 is 11.9 Å². The van der Waals surface area contributed by atoms with Crippen LogP contribution in [0, 0.1) is 5.41 Å². The second-order valence-corrected chi connectivity index (χ2v) is 4.83. The summed E-state index contributed by atoms with van der Waals surface area (Å²) in [7, 11) is 0. The van der Waals surface area contributed by atoms with E-state index in [1.807, 2.05) is 19.9 Å². The van der Waals surface area contributed by atoms with Crippen molar-refractivity contribution in [1.82, 2.24) is 4.90 Å². The first-order valence-electron chi connectivity index (χ1n) is 6.28. The first-order valence-corrected chi connectivity index (χ1v) is 6.28. The third kappa shape index (κ3) is 1.96. The van der Waals surface area contributed by atoms with E-state index in [1.54, 1.807) is 4.90 Å². The molecule has 4 nitrogen and oxygen atoms in total. The minimum absolute atomic E-state index is 0.137. The lowest BCUT2D eigenvalue weighted by atomic mass is 9.76. The lowest BCUT2D eigenvalue weighted by Gasteiger charge is -2.42. The summed E-state index contributed by atoms with van der Waals surface area (Å²) in [5.74, 6) is -0.0663. The number of carbonyl (C=O) groups excluding carboxylic acids is 2. The van der Waals surface area contributed by atoms with Gasteiger partial charge in [0.25, 0.3) is 0 Å². The normalized spacial score (nSPS) is 28.5. The lowest BCUT2D eigenvalue weighted by molar-refractivity contribution is -0.156. The standard InChI is InChI=1S/C13H19NO3/c1-3-17-12(16)13(2)8-7-11(15)14-9-5-4-6-10(13)14/h6H,3-5,7-9H2,1-2H3. The van der Waals surface area contributed by atoms with Crippen molar-refractivity contribution in [3.05, 3.63) is 11.8 Å². The number of carbonyl (C=O) groups is 2. The molecule has 17 heavy (non-hydrogen) atoms. The predicted molar refractivity (Wildman–Crippen MR) is 63.0 cm³/mol. The first-order chi connectivity index (χ1) is 8.09. The van der Waals surface area contributed by atoms with E-state index in [0.717, 1.165) is 25.1 Å². The SMILES string of the molecule is CCOC(=O)C1(C)CCC(=O)N2CCCC=C21. The molecule has 1 unspecified atom stereocenters. The monoisotopic (exact) mass is 237 g/mol. The number of nitrogens with zero attached hydrogens (tertiary/aromatic N) is 1. The molecule has 94 valence electrons. The maximum atomic E-state index is 12.1. The number of hydrogen-bond acceptors (Lipinski definition) is 3. The molecular formula is C13H19NO3. The highest BCUT2D eigenvalue weighted by Crippen LogP contribution is 2.42. The van der Waals surface area contributed by atoms with Crippen LogP contribution in [0.25, 0.3) is 0 Å². The van der Waals surface area contributed by atoms with E-state index in [0.29, 0.717) is 19.4 Å². The molecule has 1 fully saturated rings. The van der Waals surface area contributed by atoms with Gasteiger partial charge in [0.2, 0.25) is 5.91 Å². The van der Waals surface area contributed by atoms with Crippen molar-refractivity contribution in [2.24, 2.45) is 5.41 Å². The Bertz CT molecular complexity index is 375. The van der Waals surface area contributed by atoms with Crippen molar-refractivity contribution in [1.29, 1.82) is 0 Å². The minimum Gasteiger partial charge on any atom is -0.465 e. The topological polar surface area (TPSA) is 46.6 Å². The molecule has 1 saturated heterocycles. The molecule has 0 radical (unpaired) electrons. The summed E-state index contributed by atoms with van der Waals surface area (Å²) < 4.78 is 5.15. The molecule has 2 aliphatic heterocycles. The van der Waals surface area contributed by atoms with Gasteiger partial charge in [-0.2, -0.15) is 0 Å². The molecule has 0 aromatic heterocycles. The number of rotatable bonds is 2. The largest absolute Gasteiger partial charge is 0.465 e. The van der Waals surface area contributed by atoms with Crippen molar-refractivity contribution in [2.75, 3.05) is 13.2 Å². The van der Waals surface area contributed by atoms with Crippen LogP contribution in [0.15, 0.2) is 11.8 Å². The molecule has 0 spiro atoms. The average molecular weight is 237 g/mol. The first kappa shape index (κ1) is 12.1. The lowest BCUT2D eigenvalue weighted by Crippen LogP contribution is -2.48. The van der Waals surface area contributed by atoms with E-state index in [1.165, 1.54) is 0 Å². The molecular weight excluding hydrogens is 218 g/mol. The van der Waals surface area contributed by atoms with Gasteiger partial charge in [-0.25, -0.2) is 0 Å². The molecule has 1 atom stereocenters. The zero-order valence-electron chi connectivity index (χ0n) is 10.5. The Labute approximate surface area is 102 Å². The van der Waals surface area contributed by atoms with Gasteiger partial charge >= 0.3 is 5.97 Å². The second kappa shape index (κ2) is 4.51. The van der Waals surface area contributed by atoms with Gasteiger partial charge in [-0.1, -0.05) is 6.08 Å². The van der Waals surface area contributed by atoms with Crippen molar-refractivity contribution < 1.29 is 14.3 Å². The Balaban J connectivity index is 2.31. The summed E-state index contributed by atoms with van der Waals surface area (Å²) in [5.41, 5.74) is 0.225. The Morgan fingerprint density at radius 2 is 2.35 bits per heavy atom. The summed E-state index contributed by atoms with van der Waals surface area (Å²) in [6.45, 7) is 4.82. The van der Waals surface area contributed by atoms with Gasteiger partial charge in [0, 0.05) is 18.7 Å². The molecule has 0 aliphatic carbocycles. The zero-order valence-corrected chi connectivity index (χ0v) is 10.5. The molecule has 0 saturated carbocycles. The average Bonchev–Trinajstić information content (AvgIpc) is 2.35. The van der Waals surface area contributed by atoms with E-state index in [9.17, 15) is 9.59 Å². The quantitative estimate of drug-likeness (QED) is 0.689. The predicted octanol–water partition coefficient (Wildman–Crippen LogP) is 1.86. The number of ether oxygens (including phenoxy) is 1. The molecule has 0 aromatic carbocycles. The van der Waals surface area contributed by atoms with Gasteiger partial charge < -0.3 is 9.64 Å². The number of fused-ring (bicyclic) bond motifs is 1. The van der Waals surface area contributed by atoms with Crippen LogP contribution in [-0.4, -0.2) is 29.9 Å². The molecule has 0 N–H and O–H groups in total. The second-order valence-electron chi connectivity index (χ2n) is 4.83. The van der Waals surface area contributed by atoms with Crippen LogP contribution in [0.4, 0.5) is 0 Å². The van der Waals surface area contributed by atoms with E-state index in [-0.39, 0.29) is 11.9 Å². The maximum absolute atomic E-state index is 12.1. The van der Waals surface area contributed by atoms with Gasteiger partial charge in [0.15, 0.2) is 0 Å². The Hall–Kier alpha value is -1.32. The highest BCUT2D eigenvalue weighted by molar-refractivity contribution is 5.87.